The molecule has 0 bridgehead atoms. The van der Waals surface area contributed by atoms with Crippen LogP contribution in [-0.4, -0.2) is 23.4 Å². The Balaban J connectivity index is 1.68. The Kier molecular flexibility index (Phi) is 4.04. The largest absolute Gasteiger partial charge is 0.367 e. The molecule has 4 nitrogen and oxygen atoms in total. The summed E-state index contributed by atoms with van der Waals surface area (Å²) in [5.74, 6) is -0.760. The van der Waals surface area contributed by atoms with E-state index in [1.807, 2.05) is 30.3 Å². The van der Waals surface area contributed by atoms with Gasteiger partial charge in [-0.2, -0.15) is 0 Å². The van der Waals surface area contributed by atoms with Crippen LogP contribution in [0.3, 0.4) is 0 Å². The SMILES string of the molecule is O=C1C2CC=C(Cl)CC2C(=O)N1CNc1ccc(Br)cc1. The number of halogens is 2. The third kappa shape index (κ3) is 2.85. The summed E-state index contributed by atoms with van der Waals surface area (Å²) in [5.41, 5.74) is 0.866. The van der Waals surface area contributed by atoms with Crippen LogP contribution in [0.4, 0.5) is 5.69 Å². The van der Waals surface area contributed by atoms with Gasteiger partial charge in [-0.25, -0.2) is 0 Å². The molecule has 2 unspecified atom stereocenters. The van der Waals surface area contributed by atoms with Crippen molar-refractivity contribution >= 4 is 45.0 Å². The zero-order chi connectivity index (χ0) is 15.0. The van der Waals surface area contributed by atoms with E-state index < -0.39 is 0 Å². The van der Waals surface area contributed by atoms with Gasteiger partial charge in [0, 0.05) is 15.2 Å². The molecular formula is C15H14BrClN2O2. The van der Waals surface area contributed by atoms with Gasteiger partial charge in [-0.05, 0) is 37.1 Å². The first kappa shape index (κ1) is 14.6. The fraction of sp³-hybridized carbons (Fsp3) is 0.333. The second kappa shape index (κ2) is 5.81. The summed E-state index contributed by atoms with van der Waals surface area (Å²) in [6.45, 7) is 0.198. The van der Waals surface area contributed by atoms with E-state index in [-0.39, 0.29) is 30.3 Å². The molecule has 0 aromatic heterocycles. The number of fused-ring (bicyclic) bond motifs is 1. The smallest absolute Gasteiger partial charge is 0.234 e. The normalized spacial score (nSPS) is 24.9. The van der Waals surface area contributed by atoms with Gasteiger partial charge in [0.1, 0.15) is 0 Å². The Morgan fingerprint density at radius 2 is 1.86 bits per heavy atom. The molecule has 1 aromatic rings. The lowest BCUT2D eigenvalue weighted by Gasteiger charge is -2.17. The summed E-state index contributed by atoms with van der Waals surface area (Å²) in [4.78, 5) is 26.0. The third-order valence-corrected chi connectivity index (χ3v) is 4.78. The first-order chi connectivity index (χ1) is 10.1. The molecule has 2 atom stereocenters. The highest BCUT2D eigenvalue weighted by atomic mass is 79.9. The molecule has 2 aliphatic rings. The van der Waals surface area contributed by atoms with Gasteiger partial charge in [-0.1, -0.05) is 33.6 Å². The number of carbonyl (C=O) groups is 2. The second-order valence-electron chi connectivity index (χ2n) is 5.25. The van der Waals surface area contributed by atoms with Crippen LogP contribution in [0.2, 0.25) is 0 Å². The van der Waals surface area contributed by atoms with Crippen molar-refractivity contribution in [3.8, 4) is 0 Å². The van der Waals surface area contributed by atoms with Crippen LogP contribution >= 0.6 is 27.5 Å². The topological polar surface area (TPSA) is 49.4 Å². The van der Waals surface area contributed by atoms with E-state index in [0.29, 0.717) is 17.9 Å². The number of hydrogen-bond acceptors (Lipinski definition) is 3. The zero-order valence-electron chi connectivity index (χ0n) is 11.2. The molecular weight excluding hydrogens is 356 g/mol. The molecule has 1 saturated heterocycles. The Morgan fingerprint density at radius 1 is 1.19 bits per heavy atom. The third-order valence-electron chi connectivity index (χ3n) is 3.95. The lowest BCUT2D eigenvalue weighted by Crippen LogP contribution is -2.35. The van der Waals surface area contributed by atoms with Crippen molar-refractivity contribution in [1.29, 1.82) is 0 Å². The van der Waals surface area contributed by atoms with E-state index in [1.165, 1.54) is 4.90 Å². The van der Waals surface area contributed by atoms with E-state index in [1.54, 1.807) is 0 Å². The molecule has 1 N–H and O–H groups in total. The highest BCUT2D eigenvalue weighted by molar-refractivity contribution is 9.10. The highest BCUT2D eigenvalue weighted by Crippen LogP contribution is 2.38. The predicted octanol–water partition coefficient (Wildman–Crippen LogP) is 3.34. The van der Waals surface area contributed by atoms with Crippen LogP contribution in [-0.2, 0) is 9.59 Å². The molecule has 110 valence electrons. The first-order valence-electron chi connectivity index (χ1n) is 6.75. The molecule has 21 heavy (non-hydrogen) atoms. The number of rotatable bonds is 3. The van der Waals surface area contributed by atoms with Crippen molar-refractivity contribution in [2.75, 3.05) is 12.0 Å². The lowest BCUT2D eigenvalue weighted by molar-refractivity contribution is -0.139. The summed E-state index contributed by atoms with van der Waals surface area (Å²) in [5, 5.41) is 3.79. The molecule has 1 aliphatic heterocycles. The summed E-state index contributed by atoms with van der Waals surface area (Å²) >= 11 is 9.35. The molecule has 1 aliphatic carbocycles. The van der Waals surface area contributed by atoms with E-state index in [9.17, 15) is 9.59 Å². The zero-order valence-corrected chi connectivity index (χ0v) is 13.5. The van der Waals surface area contributed by atoms with Gasteiger partial charge in [-0.15, -0.1) is 0 Å². The number of amides is 2. The van der Waals surface area contributed by atoms with E-state index >= 15 is 0 Å². The molecule has 1 heterocycles. The number of nitrogens with one attached hydrogen (secondary N) is 1. The van der Waals surface area contributed by atoms with Crippen molar-refractivity contribution in [1.82, 2.24) is 4.90 Å². The van der Waals surface area contributed by atoms with Gasteiger partial charge in [0.05, 0.1) is 18.5 Å². The number of carbonyl (C=O) groups excluding carboxylic acids is 2. The number of anilines is 1. The maximum Gasteiger partial charge on any atom is 0.234 e. The highest BCUT2D eigenvalue weighted by Gasteiger charge is 2.48. The number of benzene rings is 1. The van der Waals surface area contributed by atoms with E-state index in [2.05, 4.69) is 21.2 Å². The van der Waals surface area contributed by atoms with Gasteiger partial charge in [0.15, 0.2) is 0 Å². The molecule has 6 heteroatoms. The van der Waals surface area contributed by atoms with Gasteiger partial charge in [0.2, 0.25) is 11.8 Å². The van der Waals surface area contributed by atoms with Gasteiger partial charge < -0.3 is 5.32 Å². The summed E-state index contributed by atoms with van der Waals surface area (Å²) in [6.07, 6.45) is 2.88. The van der Waals surface area contributed by atoms with Crippen LogP contribution in [0.15, 0.2) is 39.8 Å². The van der Waals surface area contributed by atoms with Crippen molar-refractivity contribution in [2.45, 2.75) is 12.8 Å². The van der Waals surface area contributed by atoms with Crippen molar-refractivity contribution < 1.29 is 9.59 Å². The number of likely N-dealkylation sites (tertiary alicyclic amines) is 1. The average Bonchev–Trinajstić information content (AvgIpc) is 2.70. The van der Waals surface area contributed by atoms with Crippen LogP contribution < -0.4 is 5.32 Å². The van der Waals surface area contributed by atoms with Crippen molar-refractivity contribution in [3.63, 3.8) is 0 Å². The summed E-state index contributed by atoms with van der Waals surface area (Å²) in [6, 6.07) is 7.58. The van der Waals surface area contributed by atoms with Crippen LogP contribution in [0.25, 0.3) is 0 Å². The standard InChI is InChI=1S/C15H14BrClN2O2/c16-9-1-4-11(5-2-9)18-8-19-14(20)12-6-3-10(17)7-13(12)15(19)21/h1-5,12-13,18H,6-8H2. The minimum atomic E-state index is -0.290. The van der Waals surface area contributed by atoms with Crippen LogP contribution in [0.5, 0.6) is 0 Å². The summed E-state index contributed by atoms with van der Waals surface area (Å²) < 4.78 is 0.980. The average molecular weight is 370 g/mol. The monoisotopic (exact) mass is 368 g/mol. The fourth-order valence-corrected chi connectivity index (χ4v) is 3.31. The number of hydrogen-bond donors (Lipinski definition) is 1. The maximum atomic E-state index is 12.3. The second-order valence-corrected chi connectivity index (χ2v) is 6.65. The Hall–Kier alpha value is -1.33. The molecule has 0 radical (unpaired) electrons. The Morgan fingerprint density at radius 3 is 2.57 bits per heavy atom. The molecule has 0 saturated carbocycles. The van der Waals surface area contributed by atoms with E-state index in [0.717, 1.165) is 10.2 Å². The number of allylic oxidation sites excluding steroid dienone is 2. The predicted molar refractivity (Wildman–Crippen MR) is 84.6 cm³/mol. The van der Waals surface area contributed by atoms with Gasteiger partial charge in [-0.3, -0.25) is 14.5 Å². The minimum absolute atomic E-state index is 0.102. The van der Waals surface area contributed by atoms with Gasteiger partial charge >= 0.3 is 0 Å². The van der Waals surface area contributed by atoms with Gasteiger partial charge in [0.25, 0.3) is 0 Å². The Bertz CT molecular complexity index is 615. The molecule has 2 amide bonds. The molecule has 3 rings (SSSR count). The van der Waals surface area contributed by atoms with Crippen molar-refractivity contribution in [3.05, 3.63) is 39.8 Å². The fourth-order valence-electron chi connectivity index (χ4n) is 2.79. The number of nitrogens with zero attached hydrogens (tertiary/aromatic N) is 1. The van der Waals surface area contributed by atoms with Crippen molar-refractivity contribution in [2.24, 2.45) is 11.8 Å². The number of imide groups is 1. The molecule has 1 aromatic carbocycles. The molecule has 0 spiro atoms. The quantitative estimate of drug-likeness (QED) is 0.831. The maximum absolute atomic E-state index is 12.3. The van der Waals surface area contributed by atoms with E-state index in [4.69, 9.17) is 11.6 Å². The molecule has 1 fully saturated rings. The Labute approximate surface area is 136 Å². The minimum Gasteiger partial charge on any atom is -0.367 e. The summed E-state index contributed by atoms with van der Waals surface area (Å²) in [7, 11) is 0. The van der Waals surface area contributed by atoms with Crippen LogP contribution in [0, 0.1) is 11.8 Å². The first-order valence-corrected chi connectivity index (χ1v) is 7.92. The van der Waals surface area contributed by atoms with Crippen LogP contribution in [0.1, 0.15) is 12.8 Å². The lowest BCUT2D eigenvalue weighted by atomic mass is 9.85.